The van der Waals surface area contributed by atoms with E-state index in [-0.39, 0.29) is 12.6 Å². The van der Waals surface area contributed by atoms with E-state index in [4.69, 9.17) is 9.72 Å². The first-order valence-corrected chi connectivity index (χ1v) is 11.5. The van der Waals surface area contributed by atoms with E-state index in [1.807, 2.05) is 24.3 Å². The predicted molar refractivity (Wildman–Crippen MR) is 131 cm³/mol. The molecule has 0 amide bonds. The second-order valence-electron chi connectivity index (χ2n) is 8.21. The van der Waals surface area contributed by atoms with Gasteiger partial charge in [0.2, 0.25) is 0 Å². The standard InChI is InChI=1S/C28H30N2O3/c1-3-4-12-26-29-25-11-7-8-22(17-18-31)27(25)30(26)19-20-13-15-21(16-14-20)23-9-5-6-10-24(23)28(32)33-2/h5-11,13-16,31H,3-4,12,17-19H2,1-2H3. The second-order valence-corrected chi connectivity index (χ2v) is 8.21. The molecule has 0 fully saturated rings. The number of aliphatic hydroxyl groups excluding tert-OH is 1. The number of nitrogens with zero attached hydrogens (tertiary/aromatic N) is 2. The third kappa shape index (κ3) is 4.83. The molecule has 0 aliphatic heterocycles. The quantitative estimate of drug-likeness (QED) is 0.352. The van der Waals surface area contributed by atoms with Crippen LogP contribution in [0.25, 0.3) is 22.2 Å². The predicted octanol–water partition coefficient (Wildman–Crippen LogP) is 5.42. The molecule has 0 radical (unpaired) electrons. The van der Waals surface area contributed by atoms with Crippen molar-refractivity contribution in [2.75, 3.05) is 13.7 Å². The van der Waals surface area contributed by atoms with E-state index in [0.29, 0.717) is 18.5 Å². The Morgan fingerprint density at radius 2 is 1.79 bits per heavy atom. The van der Waals surface area contributed by atoms with E-state index in [1.54, 1.807) is 6.07 Å². The average Bonchev–Trinajstić information content (AvgIpc) is 3.21. The summed E-state index contributed by atoms with van der Waals surface area (Å²) in [4.78, 5) is 17.1. The number of unbranched alkanes of at least 4 members (excludes halogenated alkanes) is 1. The molecule has 0 aliphatic rings. The van der Waals surface area contributed by atoms with Crippen molar-refractivity contribution >= 4 is 17.0 Å². The number of rotatable bonds is 9. The molecule has 3 aromatic carbocycles. The molecule has 0 saturated heterocycles. The van der Waals surface area contributed by atoms with Gasteiger partial charge in [0, 0.05) is 19.6 Å². The number of ether oxygens (including phenoxy) is 1. The molecule has 4 rings (SSSR count). The van der Waals surface area contributed by atoms with Crippen LogP contribution in [0.15, 0.2) is 66.7 Å². The van der Waals surface area contributed by atoms with E-state index in [9.17, 15) is 9.90 Å². The third-order valence-corrected chi connectivity index (χ3v) is 6.00. The topological polar surface area (TPSA) is 64.4 Å². The van der Waals surface area contributed by atoms with Crippen molar-refractivity contribution in [2.45, 2.75) is 39.2 Å². The van der Waals surface area contributed by atoms with E-state index in [0.717, 1.165) is 58.4 Å². The van der Waals surface area contributed by atoms with Crippen LogP contribution in [0.3, 0.4) is 0 Å². The molecular formula is C28H30N2O3. The summed E-state index contributed by atoms with van der Waals surface area (Å²) in [5, 5.41) is 9.56. The molecule has 0 unspecified atom stereocenters. The Hall–Kier alpha value is -3.44. The molecule has 0 spiro atoms. The molecule has 0 atom stereocenters. The highest BCUT2D eigenvalue weighted by atomic mass is 16.5. The summed E-state index contributed by atoms with van der Waals surface area (Å²) >= 11 is 0. The number of imidazole rings is 1. The molecule has 0 bridgehead atoms. The van der Waals surface area contributed by atoms with Crippen molar-refractivity contribution in [3.63, 3.8) is 0 Å². The lowest BCUT2D eigenvalue weighted by molar-refractivity contribution is 0.0601. The van der Waals surface area contributed by atoms with Crippen LogP contribution >= 0.6 is 0 Å². The highest BCUT2D eigenvalue weighted by Gasteiger charge is 2.15. The third-order valence-electron chi connectivity index (χ3n) is 6.00. The van der Waals surface area contributed by atoms with E-state index in [1.165, 1.54) is 7.11 Å². The molecule has 33 heavy (non-hydrogen) atoms. The summed E-state index contributed by atoms with van der Waals surface area (Å²) in [6.07, 6.45) is 3.73. The molecule has 0 aliphatic carbocycles. The largest absolute Gasteiger partial charge is 0.465 e. The zero-order valence-electron chi connectivity index (χ0n) is 19.3. The number of hydrogen-bond acceptors (Lipinski definition) is 4. The Balaban J connectivity index is 1.70. The fourth-order valence-corrected chi connectivity index (χ4v) is 4.32. The first-order valence-electron chi connectivity index (χ1n) is 11.5. The van der Waals surface area contributed by atoms with Crippen molar-refractivity contribution in [3.8, 4) is 11.1 Å². The minimum Gasteiger partial charge on any atom is -0.465 e. The molecular weight excluding hydrogens is 412 g/mol. The lowest BCUT2D eigenvalue weighted by Gasteiger charge is -2.13. The number of esters is 1. The van der Waals surface area contributed by atoms with Gasteiger partial charge in [-0.25, -0.2) is 9.78 Å². The average molecular weight is 443 g/mol. The minimum atomic E-state index is -0.337. The smallest absolute Gasteiger partial charge is 0.338 e. The number of hydrogen-bond donors (Lipinski definition) is 1. The molecule has 5 nitrogen and oxygen atoms in total. The summed E-state index contributed by atoms with van der Waals surface area (Å²) < 4.78 is 7.24. The summed E-state index contributed by atoms with van der Waals surface area (Å²) in [5.74, 6) is 0.744. The van der Waals surface area contributed by atoms with Gasteiger partial charge >= 0.3 is 5.97 Å². The van der Waals surface area contributed by atoms with Gasteiger partial charge in [-0.3, -0.25) is 0 Å². The van der Waals surface area contributed by atoms with Crippen molar-refractivity contribution in [3.05, 3.63) is 89.2 Å². The molecule has 1 N–H and O–H groups in total. The van der Waals surface area contributed by atoms with Gasteiger partial charge in [0.1, 0.15) is 5.82 Å². The van der Waals surface area contributed by atoms with Crippen LogP contribution in [-0.4, -0.2) is 34.3 Å². The normalized spacial score (nSPS) is 11.1. The molecule has 4 aromatic rings. The number of carbonyl (C=O) groups is 1. The monoisotopic (exact) mass is 442 g/mol. The zero-order chi connectivity index (χ0) is 23.2. The maximum Gasteiger partial charge on any atom is 0.338 e. The molecule has 0 saturated carbocycles. The number of methoxy groups -OCH3 is 1. The van der Waals surface area contributed by atoms with Crippen LogP contribution in [0.1, 0.15) is 47.1 Å². The summed E-state index contributed by atoms with van der Waals surface area (Å²) in [5.41, 5.74) is 6.76. The Labute approximate surface area is 194 Å². The number of para-hydroxylation sites is 1. The van der Waals surface area contributed by atoms with Crippen LogP contribution in [-0.2, 0) is 24.1 Å². The molecule has 1 aromatic heterocycles. The summed E-state index contributed by atoms with van der Waals surface area (Å²) in [6, 6.07) is 22.0. The van der Waals surface area contributed by atoms with Crippen LogP contribution < -0.4 is 0 Å². The second kappa shape index (κ2) is 10.5. The summed E-state index contributed by atoms with van der Waals surface area (Å²) in [7, 11) is 1.40. The molecule has 170 valence electrons. The first kappa shape index (κ1) is 22.7. The fraction of sp³-hybridized carbons (Fsp3) is 0.286. The van der Waals surface area contributed by atoms with Gasteiger partial charge in [-0.2, -0.15) is 0 Å². The fourth-order valence-electron chi connectivity index (χ4n) is 4.32. The van der Waals surface area contributed by atoms with Crippen LogP contribution in [0, 0.1) is 0 Å². The highest BCUT2D eigenvalue weighted by Crippen LogP contribution is 2.27. The van der Waals surface area contributed by atoms with Gasteiger partial charge in [0.15, 0.2) is 0 Å². The van der Waals surface area contributed by atoms with E-state index >= 15 is 0 Å². The Morgan fingerprint density at radius 3 is 2.52 bits per heavy atom. The maximum atomic E-state index is 12.2. The van der Waals surface area contributed by atoms with Crippen molar-refractivity contribution < 1.29 is 14.6 Å². The highest BCUT2D eigenvalue weighted by molar-refractivity contribution is 5.97. The van der Waals surface area contributed by atoms with Gasteiger partial charge in [-0.05, 0) is 47.2 Å². The van der Waals surface area contributed by atoms with Crippen molar-refractivity contribution in [1.82, 2.24) is 9.55 Å². The van der Waals surface area contributed by atoms with Gasteiger partial charge in [-0.15, -0.1) is 0 Å². The molecule has 5 heteroatoms. The van der Waals surface area contributed by atoms with E-state index < -0.39 is 0 Å². The van der Waals surface area contributed by atoms with Crippen LogP contribution in [0.5, 0.6) is 0 Å². The number of aryl methyl sites for hydroxylation is 1. The minimum absolute atomic E-state index is 0.114. The number of aromatic nitrogens is 2. The lowest BCUT2D eigenvalue weighted by Crippen LogP contribution is -2.07. The number of aliphatic hydroxyl groups is 1. The van der Waals surface area contributed by atoms with Gasteiger partial charge in [0.25, 0.3) is 0 Å². The first-order chi connectivity index (χ1) is 16.2. The SMILES string of the molecule is CCCCc1nc2cccc(CCO)c2n1Cc1ccc(-c2ccccc2C(=O)OC)cc1. The van der Waals surface area contributed by atoms with Crippen LogP contribution in [0.4, 0.5) is 0 Å². The van der Waals surface area contributed by atoms with Gasteiger partial charge < -0.3 is 14.4 Å². The van der Waals surface area contributed by atoms with Crippen LogP contribution in [0.2, 0.25) is 0 Å². The van der Waals surface area contributed by atoms with Crippen molar-refractivity contribution in [2.24, 2.45) is 0 Å². The van der Waals surface area contributed by atoms with Gasteiger partial charge in [0.05, 0.1) is 23.7 Å². The number of carbonyl (C=O) groups excluding carboxylic acids is 1. The Bertz CT molecular complexity index is 1240. The Kier molecular flexibility index (Phi) is 7.20. The number of fused-ring (bicyclic) bond motifs is 1. The zero-order valence-corrected chi connectivity index (χ0v) is 19.3. The lowest BCUT2D eigenvalue weighted by atomic mass is 9.98. The number of benzene rings is 3. The Morgan fingerprint density at radius 1 is 1.00 bits per heavy atom. The molecule has 1 heterocycles. The maximum absolute atomic E-state index is 12.2. The van der Waals surface area contributed by atoms with Gasteiger partial charge in [-0.1, -0.05) is 67.9 Å². The summed E-state index contributed by atoms with van der Waals surface area (Å²) in [6.45, 7) is 3.01. The van der Waals surface area contributed by atoms with E-state index in [2.05, 4.69) is 47.9 Å². The van der Waals surface area contributed by atoms with Crippen molar-refractivity contribution in [1.29, 1.82) is 0 Å².